The molecule has 1 fully saturated rings. The molecule has 0 aliphatic carbocycles. The van der Waals surface area contributed by atoms with Crippen molar-refractivity contribution >= 4 is 11.0 Å². The Morgan fingerprint density at radius 2 is 2.11 bits per heavy atom. The van der Waals surface area contributed by atoms with Gasteiger partial charge in [0, 0.05) is 30.6 Å². The summed E-state index contributed by atoms with van der Waals surface area (Å²) in [5.74, 6) is 0.868. The summed E-state index contributed by atoms with van der Waals surface area (Å²) in [5.41, 5.74) is 2.13. The molecule has 0 atom stereocenters. The summed E-state index contributed by atoms with van der Waals surface area (Å²) >= 11 is 0. The van der Waals surface area contributed by atoms with E-state index in [0.29, 0.717) is 0 Å². The van der Waals surface area contributed by atoms with Crippen LogP contribution in [0.5, 0.6) is 5.75 Å². The standard InChI is InChI=1S/C14H17NO3/c1-16-12-2-3-14-13(8-12)11(10-18-14)9-15-4-6-17-7-5-15/h2-3,8,10H,4-7,9H2,1H3. The fourth-order valence-electron chi connectivity index (χ4n) is 2.31. The maximum atomic E-state index is 5.58. The third kappa shape index (κ3) is 2.21. The van der Waals surface area contributed by atoms with Gasteiger partial charge in [0.25, 0.3) is 0 Å². The molecule has 1 aromatic carbocycles. The molecule has 2 heterocycles. The smallest absolute Gasteiger partial charge is 0.134 e. The second-order valence-electron chi connectivity index (χ2n) is 4.51. The molecule has 96 valence electrons. The Bertz CT molecular complexity index is 529. The van der Waals surface area contributed by atoms with Crippen molar-refractivity contribution in [3.63, 3.8) is 0 Å². The predicted octanol–water partition coefficient (Wildman–Crippen LogP) is 2.27. The van der Waals surface area contributed by atoms with Crippen LogP contribution < -0.4 is 4.74 Å². The number of morpholine rings is 1. The lowest BCUT2D eigenvalue weighted by atomic mass is 10.1. The molecule has 4 heteroatoms. The first-order chi connectivity index (χ1) is 8.86. The number of nitrogens with zero attached hydrogens (tertiary/aromatic N) is 1. The Balaban J connectivity index is 1.86. The monoisotopic (exact) mass is 247 g/mol. The maximum absolute atomic E-state index is 5.58. The fourth-order valence-corrected chi connectivity index (χ4v) is 2.31. The Morgan fingerprint density at radius 1 is 1.28 bits per heavy atom. The van der Waals surface area contributed by atoms with Crippen molar-refractivity contribution in [2.24, 2.45) is 0 Å². The van der Waals surface area contributed by atoms with Crippen molar-refractivity contribution in [3.8, 4) is 5.75 Å². The van der Waals surface area contributed by atoms with Crippen LogP contribution in [0.2, 0.25) is 0 Å². The van der Waals surface area contributed by atoms with Crippen LogP contribution in [0.25, 0.3) is 11.0 Å². The number of ether oxygens (including phenoxy) is 2. The zero-order valence-corrected chi connectivity index (χ0v) is 10.5. The summed E-state index contributed by atoms with van der Waals surface area (Å²) in [6, 6.07) is 5.91. The fraction of sp³-hybridized carbons (Fsp3) is 0.429. The second-order valence-corrected chi connectivity index (χ2v) is 4.51. The van der Waals surface area contributed by atoms with E-state index in [0.717, 1.165) is 49.6 Å². The predicted molar refractivity (Wildman–Crippen MR) is 68.9 cm³/mol. The number of benzene rings is 1. The van der Waals surface area contributed by atoms with E-state index in [2.05, 4.69) is 4.90 Å². The molecule has 4 nitrogen and oxygen atoms in total. The van der Waals surface area contributed by atoms with Crippen molar-refractivity contribution < 1.29 is 13.9 Å². The molecule has 0 amide bonds. The van der Waals surface area contributed by atoms with E-state index in [1.54, 1.807) is 7.11 Å². The van der Waals surface area contributed by atoms with Crippen molar-refractivity contribution in [2.75, 3.05) is 33.4 Å². The van der Waals surface area contributed by atoms with E-state index in [9.17, 15) is 0 Å². The van der Waals surface area contributed by atoms with Gasteiger partial charge in [0.15, 0.2) is 0 Å². The molecule has 1 saturated heterocycles. The first kappa shape index (κ1) is 11.6. The molecule has 18 heavy (non-hydrogen) atoms. The summed E-state index contributed by atoms with van der Waals surface area (Å²) in [7, 11) is 1.68. The van der Waals surface area contributed by atoms with E-state index in [4.69, 9.17) is 13.9 Å². The lowest BCUT2D eigenvalue weighted by Crippen LogP contribution is -2.35. The Kier molecular flexibility index (Phi) is 3.21. The van der Waals surface area contributed by atoms with Crippen molar-refractivity contribution in [2.45, 2.75) is 6.54 Å². The van der Waals surface area contributed by atoms with Crippen LogP contribution >= 0.6 is 0 Å². The van der Waals surface area contributed by atoms with E-state index in [1.807, 2.05) is 24.5 Å². The van der Waals surface area contributed by atoms with Gasteiger partial charge in [-0.25, -0.2) is 0 Å². The molecule has 1 aliphatic heterocycles. The van der Waals surface area contributed by atoms with Gasteiger partial charge in [0.1, 0.15) is 11.3 Å². The quantitative estimate of drug-likeness (QED) is 0.833. The second kappa shape index (κ2) is 5.00. The molecular formula is C14H17NO3. The summed E-state index contributed by atoms with van der Waals surface area (Å²) in [6.45, 7) is 4.51. The van der Waals surface area contributed by atoms with Crippen LogP contribution in [0, 0.1) is 0 Å². The van der Waals surface area contributed by atoms with Gasteiger partial charge in [0.2, 0.25) is 0 Å². The molecule has 3 rings (SSSR count). The largest absolute Gasteiger partial charge is 0.497 e. The maximum Gasteiger partial charge on any atom is 0.134 e. The highest BCUT2D eigenvalue weighted by atomic mass is 16.5. The van der Waals surface area contributed by atoms with Crippen LogP contribution in [0.15, 0.2) is 28.9 Å². The van der Waals surface area contributed by atoms with Gasteiger partial charge in [-0.2, -0.15) is 0 Å². The highest BCUT2D eigenvalue weighted by molar-refractivity contribution is 5.82. The van der Waals surface area contributed by atoms with Gasteiger partial charge >= 0.3 is 0 Å². The lowest BCUT2D eigenvalue weighted by molar-refractivity contribution is 0.0342. The first-order valence-electron chi connectivity index (χ1n) is 6.21. The minimum absolute atomic E-state index is 0.819. The normalized spacial score (nSPS) is 17.2. The molecule has 0 radical (unpaired) electrons. The summed E-state index contributed by atoms with van der Waals surface area (Å²) < 4.78 is 16.2. The Labute approximate surface area is 106 Å². The van der Waals surface area contributed by atoms with Crippen molar-refractivity contribution in [1.82, 2.24) is 4.90 Å². The molecule has 0 unspecified atom stereocenters. The van der Waals surface area contributed by atoms with E-state index >= 15 is 0 Å². The SMILES string of the molecule is COc1ccc2occ(CN3CCOCC3)c2c1. The van der Waals surface area contributed by atoms with Crippen LogP contribution in [0.4, 0.5) is 0 Å². The van der Waals surface area contributed by atoms with E-state index in [1.165, 1.54) is 5.56 Å². The van der Waals surface area contributed by atoms with Crippen LogP contribution in [0.1, 0.15) is 5.56 Å². The Hall–Kier alpha value is -1.52. The molecule has 1 aromatic heterocycles. The van der Waals surface area contributed by atoms with Crippen LogP contribution in [-0.4, -0.2) is 38.3 Å². The van der Waals surface area contributed by atoms with E-state index < -0.39 is 0 Å². The lowest BCUT2D eigenvalue weighted by Gasteiger charge is -2.26. The number of fused-ring (bicyclic) bond motifs is 1. The average Bonchev–Trinajstić information content (AvgIpc) is 2.82. The molecule has 2 aromatic rings. The van der Waals surface area contributed by atoms with E-state index in [-0.39, 0.29) is 0 Å². The van der Waals surface area contributed by atoms with Gasteiger partial charge in [-0.15, -0.1) is 0 Å². The van der Waals surface area contributed by atoms with Gasteiger partial charge < -0.3 is 13.9 Å². The highest BCUT2D eigenvalue weighted by Gasteiger charge is 2.14. The van der Waals surface area contributed by atoms with Gasteiger partial charge in [-0.1, -0.05) is 0 Å². The average molecular weight is 247 g/mol. The number of methoxy groups -OCH3 is 1. The number of hydrogen-bond donors (Lipinski definition) is 0. The minimum Gasteiger partial charge on any atom is -0.497 e. The molecule has 0 spiro atoms. The zero-order chi connectivity index (χ0) is 12.4. The zero-order valence-electron chi connectivity index (χ0n) is 10.5. The van der Waals surface area contributed by atoms with Crippen LogP contribution in [0.3, 0.4) is 0 Å². The molecular weight excluding hydrogens is 230 g/mol. The van der Waals surface area contributed by atoms with Crippen molar-refractivity contribution in [1.29, 1.82) is 0 Å². The highest BCUT2D eigenvalue weighted by Crippen LogP contribution is 2.26. The minimum atomic E-state index is 0.819. The summed E-state index contributed by atoms with van der Waals surface area (Å²) in [4.78, 5) is 2.38. The number of rotatable bonds is 3. The van der Waals surface area contributed by atoms with Crippen LogP contribution in [-0.2, 0) is 11.3 Å². The number of furan rings is 1. The molecule has 0 N–H and O–H groups in total. The third-order valence-electron chi connectivity index (χ3n) is 3.36. The number of hydrogen-bond acceptors (Lipinski definition) is 4. The summed E-state index contributed by atoms with van der Waals surface area (Å²) in [5, 5.41) is 1.14. The first-order valence-corrected chi connectivity index (χ1v) is 6.21. The van der Waals surface area contributed by atoms with Gasteiger partial charge in [0.05, 0.1) is 26.6 Å². The third-order valence-corrected chi connectivity index (χ3v) is 3.36. The Morgan fingerprint density at radius 3 is 2.89 bits per heavy atom. The molecule has 0 bridgehead atoms. The summed E-state index contributed by atoms with van der Waals surface area (Å²) in [6.07, 6.45) is 1.85. The van der Waals surface area contributed by atoms with Crippen molar-refractivity contribution in [3.05, 3.63) is 30.0 Å². The topological polar surface area (TPSA) is 34.8 Å². The van der Waals surface area contributed by atoms with Gasteiger partial charge in [-0.3, -0.25) is 4.90 Å². The molecule has 1 aliphatic rings. The van der Waals surface area contributed by atoms with Gasteiger partial charge in [-0.05, 0) is 18.2 Å². The molecule has 0 saturated carbocycles.